The van der Waals surface area contributed by atoms with Gasteiger partial charge in [0, 0.05) is 12.1 Å². The Hall–Kier alpha value is -0.960. The molecule has 1 aromatic rings. The van der Waals surface area contributed by atoms with Crippen LogP contribution in [0.25, 0.3) is 0 Å². The summed E-state index contributed by atoms with van der Waals surface area (Å²) < 4.78 is 26.2. The summed E-state index contributed by atoms with van der Waals surface area (Å²) >= 11 is 0. The van der Waals surface area contributed by atoms with E-state index in [1.54, 1.807) is 0 Å². The number of hydrogen-bond donors (Lipinski definition) is 1. The zero-order chi connectivity index (χ0) is 12.3. The maximum Gasteiger partial charge on any atom is 0.126 e. The Bertz CT molecular complexity index is 354. The fourth-order valence-electron chi connectivity index (χ4n) is 2.49. The van der Waals surface area contributed by atoms with Crippen molar-refractivity contribution in [2.24, 2.45) is 5.92 Å². The second kappa shape index (κ2) is 5.58. The molecular weight excluding hydrogens is 220 g/mol. The third-order valence-electron chi connectivity index (χ3n) is 3.56. The van der Waals surface area contributed by atoms with Crippen LogP contribution < -0.4 is 5.32 Å². The van der Waals surface area contributed by atoms with Gasteiger partial charge in [0.25, 0.3) is 0 Å². The number of hydrogen-bond acceptors (Lipinski definition) is 1. The number of rotatable bonds is 5. The van der Waals surface area contributed by atoms with Crippen molar-refractivity contribution in [3.63, 3.8) is 0 Å². The molecule has 0 bridgehead atoms. The third kappa shape index (κ3) is 3.25. The summed E-state index contributed by atoms with van der Waals surface area (Å²) in [6, 6.07) is 4.16. The van der Waals surface area contributed by atoms with Crippen LogP contribution in [0.4, 0.5) is 8.78 Å². The lowest BCUT2D eigenvalue weighted by Crippen LogP contribution is -2.41. The molecule has 3 heteroatoms. The SMILES string of the molecule is CCNC(Cc1cc(F)cc(F)c1)C1CCC1. The Kier molecular flexibility index (Phi) is 4.11. The largest absolute Gasteiger partial charge is 0.314 e. The number of halogens is 2. The summed E-state index contributed by atoms with van der Waals surface area (Å²) in [5.41, 5.74) is 0.750. The minimum Gasteiger partial charge on any atom is -0.314 e. The Morgan fingerprint density at radius 1 is 1.24 bits per heavy atom. The van der Waals surface area contributed by atoms with Crippen LogP contribution in [-0.4, -0.2) is 12.6 Å². The van der Waals surface area contributed by atoms with Gasteiger partial charge in [-0.3, -0.25) is 0 Å². The Balaban J connectivity index is 2.05. The average Bonchev–Trinajstić information content (AvgIpc) is 2.13. The summed E-state index contributed by atoms with van der Waals surface area (Å²) in [7, 11) is 0. The van der Waals surface area contributed by atoms with E-state index in [1.807, 2.05) is 0 Å². The van der Waals surface area contributed by atoms with Gasteiger partial charge in [-0.25, -0.2) is 8.78 Å². The molecule has 1 saturated carbocycles. The van der Waals surface area contributed by atoms with Gasteiger partial charge in [0.2, 0.25) is 0 Å². The fraction of sp³-hybridized carbons (Fsp3) is 0.571. The van der Waals surface area contributed by atoms with Crippen molar-refractivity contribution in [3.8, 4) is 0 Å². The van der Waals surface area contributed by atoms with Gasteiger partial charge in [-0.2, -0.15) is 0 Å². The van der Waals surface area contributed by atoms with E-state index in [2.05, 4.69) is 12.2 Å². The molecule has 17 heavy (non-hydrogen) atoms. The average molecular weight is 239 g/mol. The van der Waals surface area contributed by atoms with E-state index in [-0.39, 0.29) is 0 Å². The van der Waals surface area contributed by atoms with Gasteiger partial charge in [-0.05, 0) is 49.4 Å². The van der Waals surface area contributed by atoms with Gasteiger partial charge in [-0.1, -0.05) is 13.3 Å². The first kappa shape index (κ1) is 12.5. The summed E-state index contributed by atoms with van der Waals surface area (Å²) in [6.07, 6.45) is 4.46. The molecule has 0 spiro atoms. The van der Waals surface area contributed by atoms with Crippen LogP contribution in [0.5, 0.6) is 0 Å². The minimum atomic E-state index is -0.483. The molecule has 1 unspecified atom stereocenters. The van der Waals surface area contributed by atoms with Gasteiger partial charge in [-0.15, -0.1) is 0 Å². The molecule has 0 aromatic heterocycles. The van der Waals surface area contributed by atoms with Crippen LogP contribution >= 0.6 is 0 Å². The molecule has 94 valence electrons. The molecule has 1 aromatic carbocycles. The van der Waals surface area contributed by atoms with Crippen molar-refractivity contribution in [2.75, 3.05) is 6.54 Å². The topological polar surface area (TPSA) is 12.0 Å². The predicted octanol–water partition coefficient (Wildman–Crippen LogP) is 3.29. The Morgan fingerprint density at radius 2 is 1.88 bits per heavy atom. The molecule has 0 radical (unpaired) electrons. The van der Waals surface area contributed by atoms with Crippen LogP contribution in [0.2, 0.25) is 0 Å². The molecule has 0 saturated heterocycles. The third-order valence-corrected chi connectivity index (χ3v) is 3.56. The standard InChI is InChI=1S/C14H19F2N/c1-2-17-14(11-4-3-5-11)8-10-6-12(15)9-13(16)7-10/h6-7,9,11,14,17H,2-5,8H2,1H3. The van der Waals surface area contributed by atoms with E-state index < -0.39 is 11.6 Å². The number of benzene rings is 1. The van der Waals surface area contributed by atoms with Crippen molar-refractivity contribution in [2.45, 2.75) is 38.6 Å². The van der Waals surface area contributed by atoms with Gasteiger partial charge in [0.15, 0.2) is 0 Å². The van der Waals surface area contributed by atoms with Crippen LogP contribution in [0.1, 0.15) is 31.7 Å². The van der Waals surface area contributed by atoms with Gasteiger partial charge in [0.1, 0.15) is 11.6 Å². The molecule has 1 aliphatic carbocycles. The maximum atomic E-state index is 13.1. The van der Waals surface area contributed by atoms with Crippen molar-refractivity contribution < 1.29 is 8.78 Å². The highest BCUT2D eigenvalue weighted by molar-refractivity contribution is 5.19. The first-order valence-corrected chi connectivity index (χ1v) is 6.37. The minimum absolute atomic E-state index is 0.356. The first-order chi connectivity index (χ1) is 8.19. The van der Waals surface area contributed by atoms with E-state index in [0.717, 1.165) is 18.2 Å². The lowest BCUT2D eigenvalue weighted by Gasteiger charge is -2.34. The second-order valence-corrected chi connectivity index (χ2v) is 4.84. The van der Waals surface area contributed by atoms with E-state index in [0.29, 0.717) is 18.4 Å². The molecule has 1 fully saturated rings. The van der Waals surface area contributed by atoms with Gasteiger partial charge < -0.3 is 5.32 Å². The molecule has 0 aliphatic heterocycles. The van der Waals surface area contributed by atoms with Crippen molar-refractivity contribution >= 4 is 0 Å². The fourth-order valence-corrected chi connectivity index (χ4v) is 2.49. The Morgan fingerprint density at radius 3 is 2.35 bits per heavy atom. The quantitative estimate of drug-likeness (QED) is 0.831. The van der Waals surface area contributed by atoms with E-state index in [9.17, 15) is 8.78 Å². The highest BCUT2D eigenvalue weighted by Gasteiger charge is 2.26. The molecule has 0 amide bonds. The lowest BCUT2D eigenvalue weighted by molar-refractivity contribution is 0.229. The van der Waals surface area contributed by atoms with E-state index in [1.165, 1.54) is 31.4 Å². The maximum absolute atomic E-state index is 13.1. The molecule has 2 rings (SSSR count). The molecular formula is C14H19F2N. The van der Waals surface area contributed by atoms with E-state index in [4.69, 9.17) is 0 Å². The highest BCUT2D eigenvalue weighted by atomic mass is 19.1. The zero-order valence-corrected chi connectivity index (χ0v) is 10.2. The normalized spacial score (nSPS) is 17.8. The van der Waals surface area contributed by atoms with Crippen molar-refractivity contribution in [3.05, 3.63) is 35.4 Å². The Labute approximate surface area is 101 Å². The number of likely N-dealkylation sites (N-methyl/N-ethyl adjacent to an activating group) is 1. The van der Waals surface area contributed by atoms with Gasteiger partial charge >= 0.3 is 0 Å². The lowest BCUT2D eigenvalue weighted by atomic mass is 9.77. The molecule has 0 heterocycles. The first-order valence-electron chi connectivity index (χ1n) is 6.37. The number of nitrogens with one attached hydrogen (secondary N) is 1. The van der Waals surface area contributed by atoms with Gasteiger partial charge in [0.05, 0.1) is 0 Å². The van der Waals surface area contributed by atoms with Crippen LogP contribution in [0, 0.1) is 17.6 Å². The smallest absolute Gasteiger partial charge is 0.126 e. The van der Waals surface area contributed by atoms with E-state index >= 15 is 0 Å². The zero-order valence-electron chi connectivity index (χ0n) is 10.2. The van der Waals surface area contributed by atoms with Crippen LogP contribution in [0.15, 0.2) is 18.2 Å². The van der Waals surface area contributed by atoms with Crippen molar-refractivity contribution in [1.82, 2.24) is 5.32 Å². The summed E-state index contributed by atoms with van der Waals surface area (Å²) in [5, 5.41) is 3.43. The molecule has 1 atom stereocenters. The summed E-state index contributed by atoms with van der Waals surface area (Å²) in [6.45, 7) is 2.97. The monoisotopic (exact) mass is 239 g/mol. The second-order valence-electron chi connectivity index (χ2n) is 4.84. The molecule has 1 N–H and O–H groups in total. The summed E-state index contributed by atoms with van der Waals surface area (Å²) in [4.78, 5) is 0. The predicted molar refractivity (Wildman–Crippen MR) is 64.9 cm³/mol. The van der Waals surface area contributed by atoms with Crippen LogP contribution in [0.3, 0.4) is 0 Å². The summed E-state index contributed by atoms with van der Waals surface area (Å²) in [5.74, 6) is -0.297. The van der Waals surface area contributed by atoms with Crippen LogP contribution in [-0.2, 0) is 6.42 Å². The molecule has 1 nitrogen and oxygen atoms in total. The molecule has 1 aliphatic rings. The van der Waals surface area contributed by atoms with Crippen molar-refractivity contribution in [1.29, 1.82) is 0 Å². The highest BCUT2D eigenvalue weighted by Crippen LogP contribution is 2.31.